The Labute approximate surface area is 72.5 Å². The number of aliphatic hydroxyl groups excluding tert-OH is 2. The molecule has 1 aromatic rings. The zero-order chi connectivity index (χ0) is 9.14. The number of rotatable bonds is 2. The third-order valence-electron chi connectivity index (χ3n) is 2.18. The largest absolute Gasteiger partial charge is 0.393 e. The molecule has 0 saturated heterocycles. The van der Waals surface area contributed by atoms with Crippen molar-refractivity contribution in [2.45, 2.75) is 20.0 Å². The highest BCUT2D eigenvalue weighted by Gasteiger charge is 2.08. The minimum absolute atomic E-state index is 0.218. The Morgan fingerprint density at radius 2 is 2.00 bits per heavy atom. The van der Waals surface area contributed by atoms with Crippen LogP contribution in [-0.2, 0) is 0 Å². The molecule has 0 radical (unpaired) electrons. The maximum absolute atomic E-state index is 9.38. The van der Waals surface area contributed by atoms with E-state index in [4.69, 9.17) is 5.11 Å². The van der Waals surface area contributed by atoms with Crippen LogP contribution in [0.2, 0.25) is 0 Å². The first-order valence-corrected chi connectivity index (χ1v) is 4.02. The van der Waals surface area contributed by atoms with Gasteiger partial charge in [-0.15, -0.1) is 0 Å². The fourth-order valence-corrected chi connectivity index (χ4v) is 1.23. The predicted octanol–water partition coefficient (Wildman–Crippen LogP) is 1.33. The van der Waals surface area contributed by atoms with Crippen LogP contribution in [-0.4, -0.2) is 16.8 Å². The standard InChI is InChI=1S/C10H14O2/c1-7-4-3-5-9(8(7)2)10(12)6-11/h3-5,10-12H,6H2,1-2H3. The zero-order valence-electron chi connectivity index (χ0n) is 7.41. The fourth-order valence-electron chi connectivity index (χ4n) is 1.23. The van der Waals surface area contributed by atoms with Gasteiger partial charge in [-0.2, -0.15) is 0 Å². The SMILES string of the molecule is Cc1cccc(C(O)CO)c1C. The van der Waals surface area contributed by atoms with Crippen LogP contribution >= 0.6 is 0 Å². The lowest BCUT2D eigenvalue weighted by Gasteiger charge is -2.12. The van der Waals surface area contributed by atoms with Gasteiger partial charge in [0.25, 0.3) is 0 Å². The number of benzene rings is 1. The molecule has 1 atom stereocenters. The molecule has 0 aliphatic rings. The van der Waals surface area contributed by atoms with E-state index in [9.17, 15) is 5.11 Å². The lowest BCUT2D eigenvalue weighted by atomic mass is 10.00. The maximum Gasteiger partial charge on any atom is 0.102 e. The monoisotopic (exact) mass is 166 g/mol. The summed E-state index contributed by atoms with van der Waals surface area (Å²) in [7, 11) is 0. The Kier molecular flexibility index (Phi) is 2.84. The first-order chi connectivity index (χ1) is 5.66. The normalized spacial score (nSPS) is 13.0. The Hall–Kier alpha value is -0.860. The zero-order valence-corrected chi connectivity index (χ0v) is 7.41. The van der Waals surface area contributed by atoms with E-state index in [-0.39, 0.29) is 6.61 Å². The number of hydrogen-bond acceptors (Lipinski definition) is 2. The molecule has 0 amide bonds. The summed E-state index contributed by atoms with van der Waals surface area (Å²) in [4.78, 5) is 0. The molecule has 2 nitrogen and oxygen atoms in total. The van der Waals surface area contributed by atoms with Crippen LogP contribution in [0.1, 0.15) is 22.8 Å². The summed E-state index contributed by atoms with van der Waals surface area (Å²) in [5, 5.41) is 18.1. The molecular formula is C10H14O2. The molecule has 1 aromatic carbocycles. The highest BCUT2D eigenvalue weighted by molar-refractivity contribution is 5.34. The number of hydrogen-bond donors (Lipinski definition) is 2. The van der Waals surface area contributed by atoms with Crippen LogP contribution in [0.25, 0.3) is 0 Å². The van der Waals surface area contributed by atoms with Crippen molar-refractivity contribution in [2.24, 2.45) is 0 Å². The summed E-state index contributed by atoms with van der Waals surface area (Å²) in [6.45, 7) is 3.72. The summed E-state index contributed by atoms with van der Waals surface area (Å²) in [6, 6.07) is 5.71. The van der Waals surface area contributed by atoms with Gasteiger partial charge in [-0.05, 0) is 30.5 Å². The molecule has 2 N–H and O–H groups in total. The van der Waals surface area contributed by atoms with Crippen molar-refractivity contribution in [3.63, 3.8) is 0 Å². The summed E-state index contributed by atoms with van der Waals surface area (Å²) in [6.07, 6.45) is -0.745. The van der Waals surface area contributed by atoms with Gasteiger partial charge >= 0.3 is 0 Å². The van der Waals surface area contributed by atoms with E-state index in [1.165, 1.54) is 0 Å². The van der Waals surface area contributed by atoms with Crippen molar-refractivity contribution in [2.75, 3.05) is 6.61 Å². The molecule has 2 heteroatoms. The van der Waals surface area contributed by atoms with E-state index in [2.05, 4.69) is 0 Å². The second-order valence-electron chi connectivity index (χ2n) is 2.99. The van der Waals surface area contributed by atoms with E-state index in [1.807, 2.05) is 32.0 Å². The third-order valence-corrected chi connectivity index (χ3v) is 2.18. The van der Waals surface area contributed by atoms with Gasteiger partial charge in [0.05, 0.1) is 6.61 Å². The second-order valence-corrected chi connectivity index (χ2v) is 2.99. The molecule has 0 aromatic heterocycles. The molecule has 0 aliphatic heterocycles. The fraction of sp³-hybridized carbons (Fsp3) is 0.400. The first-order valence-electron chi connectivity index (χ1n) is 4.02. The predicted molar refractivity (Wildman–Crippen MR) is 48.0 cm³/mol. The van der Waals surface area contributed by atoms with Crippen LogP contribution in [0, 0.1) is 13.8 Å². The van der Waals surface area contributed by atoms with Crippen molar-refractivity contribution >= 4 is 0 Å². The molecule has 0 bridgehead atoms. The van der Waals surface area contributed by atoms with Crippen LogP contribution in [0.4, 0.5) is 0 Å². The molecule has 0 aliphatic carbocycles. The van der Waals surface area contributed by atoms with E-state index in [0.717, 1.165) is 16.7 Å². The van der Waals surface area contributed by atoms with E-state index < -0.39 is 6.10 Å². The molecule has 12 heavy (non-hydrogen) atoms. The Bertz CT molecular complexity index is 269. The van der Waals surface area contributed by atoms with Crippen LogP contribution < -0.4 is 0 Å². The molecule has 66 valence electrons. The van der Waals surface area contributed by atoms with Gasteiger partial charge in [0.1, 0.15) is 6.10 Å². The lowest BCUT2D eigenvalue weighted by Crippen LogP contribution is -2.05. The van der Waals surface area contributed by atoms with Gasteiger partial charge in [0, 0.05) is 0 Å². The van der Waals surface area contributed by atoms with Crippen LogP contribution in [0.15, 0.2) is 18.2 Å². The minimum Gasteiger partial charge on any atom is -0.393 e. The first kappa shape index (κ1) is 9.23. The van der Waals surface area contributed by atoms with Crippen LogP contribution in [0.3, 0.4) is 0 Å². The lowest BCUT2D eigenvalue weighted by molar-refractivity contribution is 0.0951. The second kappa shape index (κ2) is 3.70. The van der Waals surface area contributed by atoms with Gasteiger partial charge in [0.2, 0.25) is 0 Å². The van der Waals surface area contributed by atoms with Crippen molar-refractivity contribution in [3.05, 3.63) is 34.9 Å². The topological polar surface area (TPSA) is 40.5 Å². The molecule has 0 saturated carbocycles. The number of aliphatic hydroxyl groups is 2. The maximum atomic E-state index is 9.38. The smallest absolute Gasteiger partial charge is 0.102 e. The van der Waals surface area contributed by atoms with Gasteiger partial charge in [-0.1, -0.05) is 18.2 Å². The molecule has 0 fully saturated rings. The van der Waals surface area contributed by atoms with E-state index in [0.29, 0.717) is 0 Å². The van der Waals surface area contributed by atoms with Crippen LogP contribution in [0.5, 0.6) is 0 Å². The third kappa shape index (κ3) is 1.65. The summed E-state index contributed by atoms with van der Waals surface area (Å²) >= 11 is 0. The Morgan fingerprint density at radius 3 is 2.58 bits per heavy atom. The minimum atomic E-state index is -0.745. The van der Waals surface area contributed by atoms with Gasteiger partial charge in [-0.3, -0.25) is 0 Å². The van der Waals surface area contributed by atoms with Crippen molar-refractivity contribution in [1.82, 2.24) is 0 Å². The van der Waals surface area contributed by atoms with Crippen molar-refractivity contribution in [1.29, 1.82) is 0 Å². The summed E-state index contributed by atoms with van der Waals surface area (Å²) in [5.41, 5.74) is 3.01. The molecule has 1 unspecified atom stereocenters. The molecule has 0 heterocycles. The van der Waals surface area contributed by atoms with Gasteiger partial charge in [-0.25, -0.2) is 0 Å². The average molecular weight is 166 g/mol. The molecule has 0 spiro atoms. The number of aryl methyl sites for hydroxylation is 1. The average Bonchev–Trinajstić information content (AvgIpc) is 2.08. The quantitative estimate of drug-likeness (QED) is 0.695. The van der Waals surface area contributed by atoms with E-state index in [1.54, 1.807) is 0 Å². The van der Waals surface area contributed by atoms with Crippen molar-refractivity contribution < 1.29 is 10.2 Å². The van der Waals surface area contributed by atoms with Crippen molar-refractivity contribution in [3.8, 4) is 0 Å². The molecular weight excluding hydrogens is 152 g/mol. The highest BCUT2D eigenvalue weighted by Crippen LogP contribution is 2.19. The highest BCUT2D eigenvalue weighted by atomic mass is 16.3. The summed E-state index contributed by atoms with van der Waals surface area (Å²) in [5.74, 6) is 0. The molecule has 1 rings (SSSR count). The summed E-state index contributed by atoms with van der Waals surface area (Å²) < 4.78 is 0. The van der Waals surface area contributed by atoms with E-state index >= 15 is 0 Å². The Balaban J connectivity index is 3.07. The van der Waals surface area contributed by atoms with Gasteiger partial charge in [0.15, 0.2) is 0 Å². The Morgan fingerprint density at radius 1 is 1.33 bits per heavy atom. The van der Waals surface area contributed by atoms with Gasteiger partial charge < -0.3 is 10.2 Å².